The summed E-state index contributed by atoms with van der Waals surface area (Å²) >= 11 is 0. The van der Waals surface area contributed by atoms with Crippen molar-refractivity contribution in [2.45, 2.75) is 33.1 Å². The Bertz CT molecular complexity index is 827. The first kappa shape index (κ1) is 17.9. The molecular weight excluding hydrogens is 320 g/mol. The number of rotatable bonds is 7. The van der Waals surface area contributed by atoms with Crippen LogP contribution in [-0.4, -0.2) is 16.5 Å². The zero-order chi connectivity index (χ0) is 18.4. The minimum atomic E-state index is 0.533. The number of hydrogen-bond acceptors (Lipinski definition) is 4. The molecule has 26 heavy (non-hydrogen) atoms. The molecule has 4 heteroatoms. The molecule has 1 heterocycles. The number of aryl methyl sites for hydroxylation is 1. The Hall–Kier alpha value is -2.88. The molecule has 2 N–H and O–H groups in total. The summed E-state index contributed by atoms with van der Waals surface area (Å²) in [4.78, 5) is 8.97. The van der Waals surface area contributed by atoms with Gasteiger partial charge in [0, 0.05) is 18.3 Å². The second-order valence-electron chi connectivity index (χ2n) is 6.75. The van der Waals surface area contributed by atoms with Crippen LogP contribution in [0.2, 0.25) is 0 Å². The van der Waals surface area contributed by atoms with Crippen LogP contribution in [0.25, 0.3) is 0 Å². The van der Waals surface area contributed by atoms with Crippen LogP contribution in [0.15, 0.2) is 60.7 Å². The monoisotopic (exact) mass is 346 g/mol. The first-order chi connectivity index (χ1) is 12.6. The largest absolute Gasteiger partial charge is 0.370 e. The van der Waals surface area contributed by atoms with E-state index in [1.807, 2.05) is 19.1 Å². The van der Waals surface area contributed by atoms with E-state index in [9.17, 15) is 0 Å². The first-order valence-corrected chi connectivity index (χ1v) is 9.10. The highest BCUT2D eigenvalue weighted by Crippen LogP contribution is 2.21. The third-order valence-corrected chi connectivity index (χ3v) is 4.25. The van der Waals surface area contributed by atoms with Crippen molar-refractivity contribution in [1.29, 1.82) is 0 Å². The summed E-state index contributed by atoms with van der Waals surface area (Å²) in [6.07, 6.45) is 0.962. The minimum Gasteiger partial charge on any atom is -0.370 e. The maximum atomic E-state index is 4.49. The Morgan fingerprint density at radius 3 is 2.27 bits per heavy atom. The van der Waals surface area contributed by atoms with E-state index in [-0.39, 0.29) is 0 Å². The predicted molar refractivity (Wildman–Crippen MR) is 109 cm³/mol. The lowest BCUT2D eigenvalue weighted by Gasteiger charge is -2.11. The second kappa shape index (κ2) is 8.48. The molecule has 3 rings (SSSR count). The van der Waals surface area contributed by atoms with Gasteiger partial charge < -0.3 is 10.6 Å². The molecule has 0 spiro atoms. The molecule has 3 aromatic rings. The molecule has 0 aliphatic carbocycles. The van der Waals surface area contributed by atoms with E-state index in [0.29, 0.717) is 5.92 Å². The SMILES string of the molecule is Cc1nc(NCCc2ccccc2)cc(Nc2ccc(C(C)C)cc2)n1. The van der Waals surface area contributed by atoms with E-state index in [4.69, 9.17) is 0 Å². The standard InChI is InChI=1S/C22H26N4/c1-16(2)19-9-11-20(12-10-19)26-22-15-21(24-17(3)25-22)23-14-13-18-7-5-4-6-8-18/h4-12,15-16H,13-14H2,1-3H3,(H2,23,24,25,26). The molecule has 0 amide bonds. The highest BCUT2D eigenvalue weighted by atomic mass is 15.1. The average molecular weight is 346 g/mol. The van der Waals surface area contributed by atoms with Crippen molar-refractivity contribution < 1.29 is 0 Å². The number of nitrogens with one attached hydrogen (secondary N) is 2. The van der Waals surface area contributed by atoms with Gasteiger partial charge in [0.1, 0.15) is 17.5 Å². The lowest BCUT2D eigenvalue weighted by atomic mass is 10.0. The zero-order valence-corrected chi connectivity index (χ0v) is 15.7. The Kier molecular flexibility index (Phi) is 5.84. The van der Waals surface area contributed by atoms with Crippen molar-refractivity contribution in [3.05, 3.63) is 77.6 Å². The average Bonchev–Trinajstić information content (AvgIpc) is 2.62. The van der Waals surface area contributed by atoms with Crippen LogP contribution in [0.1, 0.15) is 36.7 Å². The minimum absolute atomic E-state index is 0.533. The van der Waals surface area contributed by atoms with Crippen LogP contribution >= 0.6 is 0 Å². The fourth-order valence-corrected chi connectivity index (χ4v) is 2.80. The van der Waals surface area contributed by atoms with Crippen molar-refractivity contribution in [2.75, 3.05) is 17.2 Å². The normalized spacial score (nSPS) is 10.8. The molecule has 134 valence electrons. The third-order valence-electron chi connectivity index (χ3n) is 4.25. The molecule has 0 saturated carbocycles. The van der Waals surface area contributed by atoms with Crippen LogP contribution < -0.4 is 10.6 Å². The van der Waals surface area contributed by atoms with Gasteiger partial charge in [0.25, 0.3) is 0 Å². The van der Waals surface area contributed by atoms with E-state index in [2.05, 4.69) is 83.0 Å². The summed E-state index contributed by atoms with van der Waals surface area (Å²) in [6, 6.07) is 20.9. The smallest absolute Gasteiger partial charge is 0.136 e. The fraction of sp³-hybridized carbons (Fsp3) is 0.273. The van der Waals surface area contributed by atoms with Crippen LogP contribution in [-0.2, 0) is 6.42 Å². The molecule has 0 aliphatic heterocycles. The summed E-state index contributed by atoms with van der Waals surface area (Å²) in [6.45, 7) is 7.14. The van der Waals surface area contributed by atoms with E-state index >= 15 is 0 Å². The Morgan fingerprint density at radius 1 is 0.885 bits per heavy atom. The maximum absolute atomic E-state index is 4.49. The topological polar surface area (TPSA) is 49.8 Å². The molecule has 4 nitrogen and oxygen atoms in total. The predicted octanol–water partition coefficient (Wildman–Crippen LogP) is 5.31. The van der Waals surface area contributed by atoms with Gasteiger partial charge in [-0.05, 0) is 42.5 Å². The molecule has 0 radical (unpaired) electrons. The highest BCUT2D eigenvalue weighted by molar-refractivity contribution is 5.59. The quantitative estimate of drug-likeness (QED) is 0.609. The lowest BCUT2D eigenvalue weighted by molar-refractivity contribution is 0.867. The maximum Gasteiger partial charge on any atom is 0.136 e. The van der Waals surface area contributed by atoms with Crippen LogP contribution in [0.5, 0.6) is 0 Å². The van der Waals surface area contributed by atoms with Crippen molar-refractivity contribution in [1.82, 2.24) is 9.97 Å². The molecule has 0 saturated heterocycles. The van der Waals surface area contributed by atoms with E-state index in [1.165, 1.54) is 11.1 Å². The Labute approximate surface area is 155 Å². The van der Waals surface area contributed by atoms with E-state index < -0.39 is 0 Å². The Balaban J connectivity index is 1.63. The highest BCUT2D eigenvalue weighted by Gasteiger charge is 2.04. The molecule has 2 aromatic carbocycles. The Morgan fingerprint density at radius 2 is 1.58 bits per heavy atom. The van der Waals surface area contributed by atoms with Crippen LogP contribution in [0.3, 0.4) is 0 Å². The zero-order valence-electron chi connectivity index (χ0n) is 15.7. The van der Waals surface area contributed by atoms with Crippen molar-refractivity contribution in [2.24, 2.45) is 0 Å². The molecular formula is C22H26N4. The fourth-order valence-electron chi connectivity index (χ4n) is 2.80. The van der Waals surface area contributed by atoms with Gasteiger partial charge in [0.15, 0.2) is 0 Å². The van der Waals surface area contributed by atoms with Crippen LogP contribution in [0, 0.1) is 6.92 Å². The van der Waals surface area contributed by atoms with Crippen molar-refractivity contribution >= 4 is 17.3 Å². The molecule has 0 aliphatic rings. The number of nitrogens with zero attached hydrogens (tertiary/aromatic N) is 2. The summed E-state index contributed by atoms with van der Waals surface area (Å²) in [5.41, 5.74) is 3.68. The number of benzene rings is 2. The summed E-state index contributed by atoms with van der Waals surface area (Å²) in [7, 11) is 0. The van der Waals surface area contributed by atoms with Gasteiger partial charge in [0.05, 0.1) is 0 Å². The second-order valence-corrected chi connectivity index (χ2v) is 6.75. The number of aromatic nitrogens is 2. The number of hydrogen-bond donors (Lipinski definition) is 2. The van der Waals surface area contributed by atoms with Gasteiger partial charge in [-0.3, -0.25) is 0 Å². The van der Waals surface area contributed by atoms with Crippen molar-refractivity contribution in [3.8, 4) is 0 Å². The van der Waals surface area contributed by atoms with Gasteiger partial charge >= 0.3 is 0 Å². The summed E-state index contributed by atoms with van der Waals surface area (Å²) in [5, 5.41) is 6.76. The van der Waals surface area contributed by atoms with Gasteiger partial charge in [0.2, 0.25) is 0 Å². The van der Waals surface area contributed by atoms with Gasteiger partial charge in [-0.15, -0.1) is 0 Å². The van der Waals surface area contributed by atoms with E-state index in [0.717, 1.165) is 36.1 Å². The molecule has 0 atom stereocenters. The molecule has 0 fully saturated rings. The third kappa shape index (κ3) is 5.06. The van der Waals surface area contributed by atoms with Gasteiger partial charge in [-0.1, -0.05) is 56.3 Å². The number of anilines is 3. The van der Waals surface area contributed by atoms with Gasteiger partial charge in [-0.2, -0.15) is 0 Å². The van der Waals surface area contributed by atoms with Crippen LogP contribution in [0.4, 0.5) is 17.3 Å². The molecule has 0 unspecified atom stereocenters. The van der Waals surface area contributed by atoms with E-state index in [1.54, 1.807) is 0 Å². The van der Waals surface area contributed by atoms with Crippen molar-refractivity contribution in [3.63, 3.8) is 0 Å². The molecule has 0 bridgehead atoms. The first-order valence-electron chi connectivity index (χ1n) is 9.10. The lowest BCUT2D eigenvalue weighted by Crippen LogP contribution is -2.08. The summed E-state index contributed by atoms with van der Waals surface area (Å²) < 4.78 is 0. The molecule has 1 aromatic heterocycles. The summed E-state index contributed by atoms with van der Waals surface area (Å²) in [5.74, 6) is 2.92. The van der Waals surface area contributed by atoms with Gasteiger partial charge in [-0.25, -0.2) is 9.97 Å².